The summed E-state index contributed by atoms with van der Waals surface area (Å²) >= 11 is 0. The molecule has 1 aliphatic heterocycles. The highest BCUT2D eigenvalue weighted by Gasteiger charge is 2.19. The number of aryl methyl sites for hydroxylation is 1. The van der Waals surface area contributed by atoms with Gasteiger partial charge in [0.05, 0.1) is 0 Å². The Balaban J connectivity index is 1.77. The molecule has 0 aromatic heterocycles. The van der Waals surface area contributed by atoms with Gasteiger partial charge >= 0.3 is 11.8 Å². The lowest BCUT2D eigenvalue weighted by atomic mass is 10.0. The summed E-state index contributed by atoms with van der Waals surface area (Å²) in [4.78, 5) is 26.3. The van der Waals surface area contributed by atoms with Gasteiger partial charge in [0, 0.05) is 24.8 Å². The van der Waals surface area contributed by atoms with Crippen LogP contribution in [0.5, 0.6) is 0 Å². The normalized spacial score (nSPS) is 18.4. The maximum absolute atomic E-state index is 12.0. The van der Waals surface area contributed by atoms with E-state index in [-0.39, 0.29) is 0 Å². The van der Waals surface area contributed by atoms with Gasteiger partial charge in [-0.25, -0.2) is 0 Å². The van der Waals surface area contributed by atoms with Crippen LogP contribution in [0.2, 0.25) is 0 Å². The number of nitrogens with zero attached hydrogens (tertiary/aromatic N) is 1. The molecule has 1 fully saturated rings. The van der Waals surface area contributed by atoms with Crippen molar-refractivity contribution >= 4 is 17.5 Å². The van der Waals surface area contributed by atoms with Crippen LogP contribution in [0, 0.1) is 0 Å². The largest absolute Gasteiger partial charge is 0.347 e. The van der Waals surface area contributed by atoms with Crippen LogP contribution in [-0.4, -0.2) is 42.4 Å². The summed E-state index contributed by atoms with van der Waals surface area (Å²) < 4.78 is 0. The van der Waals surface area contributed by atoms with Crippen molar-refractivity contribution in [3.63, 3.8) is 0 Å². The second-order valence-corrected chi connectivity index (χ2v) is 6.10. The average Bonchev–Trinajstić information content (AvgIpc) is 2.57. The number of carbonyl (C=O) groups excluding carboxylic acids is 2. The molecule has 0 spiro atoms. The molecule has 1 aromatic rings. The maximum atomic E-state index is 12.0. The number of benzene rings is 1. The molecule has 1 saturated heterocycles. The minimum absolute atomic E-state index is 0.506. The van der Waals surface area contributed by atoms with E-state index in [2.05, 4.69) is 22.5 Å². The minimum Gasteiger partial charge on any atom is -0.347 e. The lowest BCUT2D eigenvalue weighted by Crippen LogP contribution is -2.44. The molecule has 1 aromatic carbocycles. The fourth-order valence-corrected chi connectivity index (χ4v) is 3.01. The van der Waals surface area contributed by atoms with Crippen molar-refractivity contribution in [2.24, 2.45) is 0 Å². The van der Waals surface area contributed by atoms with E-state index in [1.165, 1.54) is 19.3 Å². The van der Waals surface area contributed by atoms with Crippen molar-refractivity contribution in [2.45, 2.75) is 45.6 Å². The van der Waals surface area contributed by atoms with Gasteiger partial charge in [0.2, 0.25) is 0 Å². The van der Waals surface area contributed by atoms with Crippen LogP contribution in [0.4, 0.5) is 5.69 Å². The number of amides is 2. The lowest BCUT2D eigenvalue weighted by Gasteiger charge is -2.33. The number of piperidine rings is 1. The fourth-order valence-electron chi connectivity index (χ4n) is 3.01. The third-order valence-corrected chi connectivity index (χ3v) is 4.48. The molecule has 0 aliphatic carbocycles. The van der Waals surface area contributed by atoms with E-state index in [1.807, 2.05) is 31.2 Å². The van der Waals surface area contributed by atoms with E-state index in [0.29, 0.717) is 18.3 Å². The SMILES string of the molecule is CCc1ccccc1NC(=O)C(=O)NCCN1CCCCC1C. The van der Waals surface area contributed by atoms with Gasteiger partial charge in [-0.3, -0.25) is 14.5 Å². The predicted octanol–water partition coefficient (Wildman–Crippen LogP) is 2.18. The Kier molecular flexibility index (Phi) is 6.59. The fraction of sp³-hybridized carbons (Fsp3) is 0.556. The van der Waals surface area contributed by atoms with Gasteiger partial charge in [0.1, 0.15) is 0 Å². The topological polar surface area (TPSA) is 61.4 Å². The highest BCUT2D eigenvalue weighted by molar-refractivity contribution is 6.39. The van der Waals surface area contributed by atoms with Crippen molar-refractivity contribution < 1.29 is 9.59 Å². The van der Waals surface area contributed by atoms with Crippen molar-refractivity contribution in [1.82, 2.24) is 10.2 Å². The van der Waals surface area contributed by atoms with E-state index in [1.54, 1.807) is 0 Å². The van der Waals surface area contributed by atoms with E-state index in [0.717, 1.165) is 25.1 Å². The molecule has 5 heteroatoms. The Morgan fingerprint density at radius 1 is 1.22 bits per heavy atom. The third kappa shape index (κ3) is 5.06. The molecule has 0 radical (unpaired) electrons. The molecular weight excluding hydrogens is 290 g/mol. The molecule has 1 aliphatic rings. The first-order valence-electron chi connectivity index (χ1n) is 8.53. The van der Waals surface area contributed by atoms with Crippen LogP contribution in [0.3, 0.4) is 0 Å². The maximum Gasteiger partial charge on any atom is 0.313 e. The number of hydrogen-bond donors (Lipinski definition) is 2. The molecule has 1 heterocycles. The zero-order chi connectivity index (χ0) is 16.7. The Hall–Kier alpha value is -1.88. The van der Waals surface area contributed by atoms with Crippen LogP contribution in [0.15, 0.2) is 24.3 Å². The summed E-state index contributed by atoms with van der Waals surface area (Å²) in [5.74, 6) is -1.17. The highest BCUT2D eigenvalue weighted by Crippen LogP contribution is 2.16. The smallest absolute Gasteiger partial charge is 0.313 e. The van der Waals surface area contributed by atoms with E-state index < -0.39 is 11.8 Å². The molecular formula is C18H27N3O2. The number of nitrogens with one attached hydrogen (secondary N) is 2. The molecule has 126 valence electrons. The summed E-state index contributed by atoms with van der Waals surface area (Å²) in [5, 5.41) is 5.41. The first-order valence-corrected chi connectivity index (χ1v) is 8.53. The second-order valence-electron chi connectivity index (χ2n) is 6.10. The van der Waals surface area contributed by atoms with Gasteiger partial charge in [0.15, 0.2) is 0 Å². The van der Waals surface area contributed by atoms with Crippen molar-refractivity contribution in [3.05, 3.63) is 29.8 Å². The van der Waals surface area contributed by atoms with E-state index in [9.17, 15) is 9.59 Å². The average molecular weight is 317 g/mol. The molecule has 2 N–H and O–H groups in total. The monoisotopic (exact) mass is 317 g/mol. The van der Waals surface area contributed by atoms with Gasteiger partial charge in [-0.1, -0.05) is 31.5 Å². The number of anilines is 1. The Morgan fingerprint density at radius 3 is 2.74 bits per heavy atom. The Morgan fingerprint density at radius 2 is 2.00 bits per heavy atom. The number of para-hydroxylation sites is 1. The van der Waals surface area contributed by atoms with Crippen molar-refractivity contribution in [1.29, 1.82) is 0 Å². The molecule has 2 rings (SSSR count). The molecule has 1 unspecified atom stereocenters. The summed E-state index contributed by atoms with van der Waals surface area (Å²) in [6.07, 6.45) is 4.52. The number of carbonyl (C=O) groups is 2. The molecule has 23 heavy (non-hydrogen) atoms. The lowest BCUT2D eigenvalue weighted by molar-refractivity contribution is -0.136. The standard InChI is InChI=1S/C18H27N3O2/c1-3-15-9-4-5-10-16(15)20-18(23)17(22)19-11-13-21-12-7-6-8-14(21)2/h4-5,9-10,14H,3,6-8,11-13H2,1-2H3,(H,19,22)(H,20,23). The number of likely N-dealkylation sites (tertiary alicyclic amines) is 1. The van der Waals surface area contributed by atoms with Gasteiger partial charge in [-0.2, -0.15) is 0 Å². The van der Waals surface area contributed by atoms with Crippen molar-refractivity contribution in [2.75, 3.05) is 25.0 Å². The van der Waals surface area contributed by atoms with Crippen molar-refractivity contribution in [3.8, 4) is 0 Å². The zero-order valence-corrected chi connectivity index (χ0v) is 14.1. The Bertz CT molecular complexity index is 545. The van der Waals surface area contributed by atoms with Crippen LogP contribution >= 0.6 is 0 Å². The highest BCUT2D eigenvalue weighted by atomic mass is 16.2. The first kappa shape index (κ1) is 17.5. The van der Waals surface area contributed by atoms with E-state index >= 15 is 0 Å². The van der Waals surface area contributed by atoms with Gasteiger partial charge in [0.25, 0.3) is 0 Å². The summed E-state index contributed by atoms with van der Waals surface area (Å²) in [6, 6.07) is 8.11. The molecule has 5 nitrogen and oxygen atoms in total. The summed E-state index contributed by atoms with van der Waals surface area (Å²) in [7, 11) is 0. The predicted molar refractivity (Wildman–Crippen MR) is 92.3 cm³/mol. The minimum atomic E-state index is -0.599. The number of rotatable bonds is 5. The van der Waals surface area contributed by atoms with Gasteiger partial charge in [-0.05, 0) is 44.4 Å². The quantitative estimate of drug-likeness (QED) is 0.818. The van der Waals surface area contributed by atoms with E-state index in [4.69, 9.17) is 0 Å². The molecule has 2 amide bonds. The second kappa shape index (κ2) is 8.67. The van der Waals surface area contributed by atoms with Crippen LogP contribution in [0.25, 0.3) is 0 Å². The summed E-state index contributed by atoms with van der Waals surface area (Å²) in [6.45, 7) is 6.62. The first-order chi connectivity index (χ1) is 11.1. The van der Waals surface area contributed by atoms with Crippen LogP contribution < -0.4 is 10.6 Å². The third-order valence-electron chi connectivity index (χ3n) is 4.48. The van der Waals surface area contributed by atoms with Crippen LogP contribution in [0.1, 0.15) is 38.7 Å². The van der Waals surface area contributed by atoms with Gasteiger partial charge < -0.3 is 10.6 Å². The Labute approximate surface area is 138 Å². The summed E-state index contributed by atoms with van der Waals surface area (Å²) in [5.41, 5.74) is 1.73. The molecule has 0 bridgehead atoms. The van der Waals surface area contributed by atoms with Crippen LogP contribution in [-0.2, 0) is 16.0 Å². The molecule has 0 saturated carbocycles. The zero-order valence-electron chi connectivity index (χ0n) is 14.1. The van der Waals surface area contributed by atoms with Gasteiger partial charge in [-0.15, -0.1) is 0 Å². The number of hydrogen-bond acceptors (Lipinski definition) is 3. The molecule has 1 atom stereocenters.